The van der Waals surface area contributed by atoms with Crippen molar-refractivity contribution in [1.82, 2.24) is 14.8 Å². The molecule has 1 aromatic rings. The Labute approximate surface area is 151 Å². The van der Waals surface area contributed by atoms with Gasteiger partial charge in [-0.1, -0.05) is 6.92 Å². The van der Waals surface area contributed by atoms with E-state index in [4.69, 9.17) is 9.84 Å². The van der Waals surface area contributed by atoms with Crippen molar-refractivity contribution in [2.75, 3.05) is 51.7 Å². The Morgan fingerprint density at radius 3 is 2.92 bits per heavy atom. The highest BCUT2D eigenvalue weighted by atomic mass is 32.1. The van der Waals surface area contributed by atoms with Crippen LogP contribution >= 0.6 is 11.3 Å². The van der Waals surface area contributed by atoms with E-state index in [2.05, 4.69) is 10.3 Å². The van der Waals surface area contributed by atoms with Crippen molar-refractivity contribution in [3.8, 4) is 0 Å². The minimum absolute atomic E-state index is 0.0243. The third-order valence-corrected chi connectivity index (χ3v) is 4.91. The first-order valence-electron chi connectivity index (χ1n) is 8.37. The lowest BCUT2D eigenvalue weighted by molar-refractivity contribution is -0.138. The van der Waals surface area contributed by atoms with Gasteiger partial charge in [-0.05, 0) is 20.4 Å². The Balaban J connectivity index is 1.80. The number of carbonyl (C=O) groups is 2. The highest BCUT2D eigenvalue weighted by Crippen LogP contribution is 2.22. The predicted molar refractivity (Wildman–Crippen MR) is 96.2 cm³/mol. The van der Waals surface area contributed by atoms with Crippen molar-refractivity contribution in [2.24, 2.45) is 0 Å². The fraction of sp³-hybridized carbons (Fsp3) is 0.688. The summed E-state index contributed by atoms with van der Waals surface area (Å²) >= 11 is 1.50. The van der Waals surface area contributed by atoms with Gasteiger partial charge in [-0.25, -0.2) is 4.98 Å². The fourth-order valence-corrected chi connectivity index (χ4v) is 3.77. The molecule has 140 valence electrons. The molecule has 8 nitrogen and oxygen atoms in total. The molecule has 1 aromatic heterocycles. The molecule has 1 atom stereocenters. The van der Waals surface area contributed by atoms with Crippen molar-refractivity contribution in [3.05, 3.63) is 10.6 Å². The maximum absolute atomic E-state index is 12.2. The summed E-state index contributed by atoms with van der Waals surface area (Å²) < 4.78 is 5.68. The lowest BCUT2D eigenvalue weighted by Crippen LogP contribution is -2.49. The Bertz CT molecular complexity index is 607. The Kier molecular flexibility index (Phi) is 7.30. The topological polar surface area (TPSA) is 95.0 Å². The van der Waals surface area contributed by atoms with E-state index in [9.17, 15) is 9.59 Å². The van der Waals surface area contributed by atoms with E-state index in [-0.39, 0.29) is 25.1 Å². The molecule has 2 rings (SSSR count). The van der Waals surface area contributed by atoms with E-state index in [0.29, 0.717) is 31.4 Å². The first-order valence-corrected chi connectivity index (χ1v) is 9.19. The first-order chi connectivity index (χ1) is 11.9. The summed E-state index contributed by atoms with van der Waals surface area (Å²) in [5, 5.41) is 12.3. The molecule has 1 aliphatic heterocycles. The van der Waals surface area contributed by atoms with E-state index in [0.717, 1.165) is 17.0 Å². The third-order valence-electron chi connectivity index (χ3n) is 3.98. The normalized spacial score (nSPS) is 18.5. The van der Waals surface area contributed by atoms with Crippen LogP contribution in [0.5, 0.6) is 0 Å². The average Bonchev–Trinajstić information content (AvgIpc) is 2.86. The molecule has 2 N–H and O–H groups in total. The molecular weight excluding hydrogens is 344 g/mol. The zero-order valence-corrected chi connectivity index (χ0v) is 15.8. The molecule has 0 aliphatic carbocycles. The van der Waals surface area contributed by atoms with Gasteiger partial charge >= 0.3 is 5.97 Å². The molecule has 1 aliphatic rings. The van der Waals surface area contributed by atoms with Crippen LogP contribution in [0.3, 0.4) is 0 Å². The highest BCUT2D eigenvalue weighted by molar-refractivity contribution is 7.15. The zero-order chi connectivity index (χ0) is 18.4. The standard InChI is InChI=1S/C16H26N4O4S/c1-4-13-11(2)25-16(17-13)18-14(21)9-20-5-6-24-12(8-20)7-19(3)10-15(22)23/h12H,4-10H2,1-3H3,(H,22,23)(H,17,18,21). The Morgan fingerprint density at radius 1 is 1.52 bits per heavy atom. The van der Waals surface area contributed by atoms with Crippen LogP contribution < -0.4 is 5.32 Å². The minimum Gasteiger partial charge on any atom is -0.480 e. The number of rotatable bonds is 8. The van der Waals surface area contributed by atoms with Gasteiger partial charge in [0.05, 0.1) is 31.5 Å². The van der Waals surface area contributed by atoms with Crippen LogP contribution in [-0.4, -0.2) is 84.2 Å². The number of aromatic nitrogens is 1. The van der Waals surface area contributed by atoms with Gasteiger partial charge in [0.15, 0.2) is 5.13 Å². The van der Waals surface area contributed by atoms with Gasteiger partial charge in [-0.15, -0.1) is 11.3 Å². The minimum atomic E-state index is -0.861. The van der Waals surface area contributed by atoms with Crippen LogP contribution in [0.1, 0.15) is 17.5 Å². The smallest absolute Gasteiger partial charge is 0.317 e. The summed E-state index contributed by atoms with van der Waals surface area (Å²) in [6.07, 6.45) is 0.757. The molecule has 9 heteroatoms. The van der Waals surface area contributed by atoms with Gasteiger partial charge in [0.25, 0.3) is 0 Å². The lowest BCUT2D eigenvalue weighted by atomic mass is 10.2. The largest absolute Gasteiger partial charge is 0.480 e. The molecule has 1 amide bonds. The predicted octanol–water partition coefficient (Wildman–Crippen LogP) is 0.670. The maximum Gasteiger partial charge on any atom is 0.317 e. The number of nitrogens with one attached hydrogen (secondary N) is 1. The van der Waals surface area contributed by atoms with Crippen LogP contribution in [-0.2, 0) is 20.7 Å². The first kappa shape index (κ1) is 19.8. The van der Waals surface area contributed by atoms with E-state index in [1.165, 1.54) is 11.3 Å². The number of morpholine rings is 1. The van der Waals surface area contributed by atoms with Crippen molar-refractivity contribution in [3.63, 3.8) is 0 Å². The number of aryl methyl sites for hydroxylation is 2. The van der Waals surface area contributed by atoms with Gasteiger partial charge in [0.2, 0.25) is 5.91 Å². The molecule has 0 radical (unpaired) electrons. The molecule has 1 unspecified atom stereocenters. The van der Waals surface area contributed by atoms with E-state index < -0.39 is 5.97 Å². The van der Waals surface area contributed by atoms with Crippen molar-refractivity contribution in [1.29, 1.82) is 0 Å². The van der Waals surface area contributed by atoms with Gasteiger partial charge in [-0.2, -0.15) is 0 Å². The fourth-order valence-electron chi connectivity index (χ4n) is 2.85. The van der Waals surface area contributed by atoms with Gasteiger partial charge in [0, 0.05) is 24.5 Å². The number of ether oxygens (including phenoxy) is 1. The third kappa shape index (κ3) is 6.35. The summed E-state index contributed by atoms with van der Waals surface area (Å²) in [4.78, 5) is 32.3. The van der Waals surface area contributed by atoms with Crippen molar-refractivity contribution in [2.45, 2.75) is 26.4 Å². The van der Waals surface area contributed by atoms with Crippen molar-refractivity contribution < 1.29 is 19.4 Å². The second-order valence-electron chi connectivity index (χ2n) is 6.24. The highest BCUT2D eigenvalue weighted by Gasteiger charge is 2.24. The number of carboxylic acids is 1. The zero-order valence-electron chi connectivity index (χ0n) is 14.9. The number of aliphatic carboxylic acids is 1. The average molecular weight is 370 g/mol. The van der Waals surface area contributed by atoms with Crippen LogP contribution in [0.25, 0.3) is 0 Å². The number of anilines is 1. The molecular formula is C16H26N4O4S. The molecule has 1 saturated heterocycles. The Hall–Kier alpha value is -1.55. The summed E-state index contributed by atoms with van der Waals surface area (Å²) in [6, 6.07) is 0. The van der Waals surface area contributed by atoms with Crippen LogP contribution in [0.4, 0.5) is 5.13 Å². The maximum atomic E-state index is 12.2. The second-order valence-corrected chi connectivity index (χ2v) is 7.45. The van der Waals surface area contributed by atoms with Crippen molar-refractivity contribution >= 4 is 28.3 Å². The number of carbonyl (C=O) groups excluding carboxylic acids is 1. The monoisotopic (exact) mass is 370 g/mol. The van der Waals surface area contributed by atoms with E-state index >= 15 is 0 Å². The van der Waals surface area contributed by atoms with Crippen LogP contribution in [0.15, 0.2) is 0 Å². The molecule has 25 heavy (non-hydrogen) atoms. The number of thiazole rings is 1. The number of hydrogen-bond donors (Lipinski definition) is 2. The summed E-state index contributed by atoms with van der Waals surface area (Å²) in [5.74, 6) is -0.948. The van der Waals surface area contributed by atoms with E-state index in [1.54, 1.807) is 11.9 Å². The summed E-state index contributed by atoms with van der Waals surface area (Å²) in [5.41, 5.74) is 1.02. The van der Waals surface area contributed by atoms with Crippen LogP contribution in [0.2, 0.25) is 0 Å². The molecule has 0 spiro atoms. The number of nitrogens with zero attached hydrogens (tertiary/aromatic N) is 3. The quantitative estimate of drug-likeness (QED) is 0.694. The number of amides is 1. The molecule has 0 aromatic carbocycles. The SMILES string of the molecule is CCc1nc(NC(=O)CN2CCOC(CN(C)CC(=O)O)C2)sc1C. The number of likely N-dealkylation sites (N-methyl/N-ethyl adjacent to an activating group) is 1. The molecule has 2 heterocycles. The van der Waals surface area contributed by atoms with Gasteiger partial charge in [0.1, 0.15) is 0 Å². The molecule has 0 saturated carbocycles. The van der Waals surface area contributed by atoms with Crippen LogP contribution in [0, 0.1) is 6.92 Å². The number of carboxylic acid groups (broad SMARTS) is 1. The summed E-state index contributed by atoms with van der Waals surface area (Å²) in [6.45, 7) is 6.66. The van der Waals surface area contributed by atoms with Gasteiger partial charge in [-0.3, -0.25) is 19.4 Å². The Morgan fingerprint density at radius 2 is 2.28 bits per heavy atom. The van der Waals surface area contributed by atoms with E-state index in [1.807, 2.05) is 18.7 Å². The molecule has 1 fully saturated rings. The van der Waals surface area contributed by atoms with Gasteiger partial charge < -0.3 is 15.2 Å². The lowest BCUT2D eigenvalue weighted by Gasteiger charge is -2.34. The second kappa shape index (κ2) is 9.23. The summed E-state index contributed by atoms with van der Waals surface area (Å²) in [7, 11) is 1.75. The molecule has 0 bridgehead atoms. The number of hydrogen-bond acceptors (Lipinski definition) is 7.